The first-order valence-electron chi connectivity index (χ1n) is 4.82. The number of pyridine rings is 1. The Morgan fingerprint density at radius 2 is 1.76 bits per heavy atom. The number of hydrogen-bond acceptors (Lipinski definition) is 2. The van der Waals surface area contributed by atoms with Crippen molar-refractivity contribution in [1.29, 1.82) is 0 Å². The topological polar surface area (TPSA) is 22.1 Å². The van der Waals surface area contributed by atoms with E-state index >= 15 is 0 Å². The van der Waals surface area contributed by atoms with Crippen LogP contribution >= 0.6 is 34.8 Å². The standard InChI is InChI=1S/C12H8Cl3NO/c13-6-8-1-2-12(16-7-8)17-11-4-9(14)3-10(15)5-11/h1-5,7H,6H2. The Balaban J connectivity index is 2.19. The monoisotopic (exact) mass is 287 g/mol. The van der Waals surface area contributed by atoms with Gasteiger partial charge in [0.1, 0.15) is 5.75 Å². The quantitative estimate of drug-likeness (QED) is 0.748. The zero-order valence-electron chi connectivity index (χ0n) is 8.66. The number of hydrogen-bond donors (Lipinski definition) is 0. The van der Waals surface area contributed by atoms with Crippen molar-refractivity contribution >= 4 is 34.8 Å². The Bertz CT molecular complexity index is 493. The molecule has 0 saturated carbocycles. The zero-order valence-corrected chi connectivity index (χ0v) is 10.9. The first-order valence-corrected chi connectivity index (χ1v) is 6.11. The molecule has 0 aliphatic heterocycles. The number of alkyl halides is 1. The van der Waals surface area contributed by atoms with Gasteiger partial charge in [-0.2, -0.15) is 0 Å². The van der Waals surface area contributed by atoms with Crippen LogP contribution in [0.25, 0.3) is 0 Å². The molecule has 0 aliphatic rings. The Kier molecular flexibility index (Phi) is 4.11. The number of benzene rings is 1. The molecule has 2 rings (SSSR count). The molecule has 0 radical (unpaired) electrons. The van der Waals surface area contributed by atoms with Gasteiger partial charge in [-0.1, -0.05) is 29.3 Å². The molecule has 1 aromatic carbocycles. The third-order valence-corrected chi connectivity index (χ3v) is 2.76. The second-order valence-corrected chi connectivity index (χ2v) is 4.49. The minimum absolute atomic E-state index is 0.427. The van der Waals surface area contributed by atoms with Crippen LogP contribution in [0.4, 0.5) is 0 Å². The molecule has 0 N–H and O–H groups in total. The van der Waals surface area contributed by atoms with Crippen molar-refractivity contribution in [3.63, 3.8) is 0 Å². The molecule has 2 nitrogen and oxygen atoms in total. The van der Waals surface area contributed by atoms with Gasteiger partial charge in [-0.25, -0.2) is 4.98 Å². The molecule has 0 saturated heterocycles. The van der Waals surface area contributed by atoms with Gasteiger partial charge < -0.3 is 4.74 Å². The number of nitrogens with zero attached hydrogens (tertiary/aromatic N) is 1. The molecule has 0 aliphatic carbocycles. The SMILES string of the molecule is ClCc1ccc(Oc2cc(Cl)cc(Cl)c2)nc1. The minimum Gasteiger partial charge on any atom is -0.439 e. The molecule has 0 atom stereocenters. The van der Waals surface area contributed by atoms with Gasteiger partial charge in [-0.05, 0) is 23.8 Å². The Morgan fingerprint density at radius 1 is 1.06 bits per heavy atom. The third-order valence-electron chi connectivity index (χ3n) is 2.01. The highest BCUT2D eigenvalue weighted by atomic mass is 35.5. The lowest BCUT2D eigenvalue weighted by Crippen LogP contribution is -1.89. The van der Waals surface area contributed by atoms with E-state index in [1.807, 2.05) is 6.07 Å². The van der Waals surface area contributed by atoms with Crippen molar-refractivity contribution in [3.8, 4) is 11.6 Å². The minimum atomic E-state index is 0.427. The van der Waals surface area contributed by atoms with Gasteiger partial charge in [0.05, 0.1) is 0 Å². The van der Waals surface area contributed by atoms with E-state index in [1.54, 1.807) is 30.5 Å². The lowest BCUT2D eigenvalue weighted by atomic mass is 10.3. The van der Waals surface area contributed by atoms with Crippen LogP contribution in [0.15, 0.2) is 36.5 Å². The van der Waals surface area contributed by atoms with E-state index in [4.69, 9.17) is 39.5 Å². The fourth-order valence-electron chi connectivity index (χ4n) is 1.26. The van der Waals surface area contributed by atoms with Crippen molar-refractivity contribution in [1.82, 2.24) is 4.98 Å². The van der Waals surface area contributed by atoms with E-state index < -0.39 is 0 Å². The highest BCUT2D eigenvalue weighted by Crippen LogP contribution is 2.27. The lowest BCUT2D eigenvalue weighted by Gasteiger charge is -2.06. The van der Waals surface area contributed by atoms with Gasteiger partial charge in [0, 0.05) is 28.2 Å². The molecule has 0 amide bonds. The van der Waals surface area contributed by atoms with E-state index in [1.165, 1.54) is 0 Å². The summed E-state index contributed by atoms with van der Waals surface area (Å²) in [5.74, 6) is 1.45. The van der Waals surface area contributed by atoms with Crippen LogP contribution in [-0.4, -0.2) is 4.98 Å². The van der Waals surface area contributed by atoms with Crippen LogP contribution in [0, 0.1) is 0 Å². The van der Waals surface area contributed by atoms with Gasteiger partial charge >= 0.3 is 0 Å². The molecule has 1 heterocycles. The van der Waals surface area contributed by atoms with Gasteiger partial charge in [0.15, 0.2) is 0 Å². The predicted molar refractivity (Wildman–Crippen MR) is 70.3 cm³/mol. The summed E-state index contributed by atoms with van der Waals surface area (Å²) in [6.07, 6.45) is 1.66. The van der Waals surface area contributed by atoms with Crippen LogP contribution in [-0.2, 0) is 5.88 Å². The van der Waals surface area contributed by atoms with Crippen molar-refractivity contribution in [2.75, 3.05) is 0 Å². The normalized spacial score (nSPS) is 10.3. The fraction of sp³-hybridized carbons (Fsp3) is 0.0833. The van der Waals surface area contributed by atoms with Gasteiger partial charge in [-0.15, -0.1) is 11.6 Å². The van der Waals surface area contributed by atoms with E-state index in [-0.39, 0.29) is 0 Å². The summed E-state index contributed by atoms with van der Waals surface area (Å²) in [6.45, 7) is 0. The number of halogens is 3. The number of ether oxygens (including phenoxy) is 1. The van der Waals surface area contributed by atoms with Crippen LogP contribution in [0.1, 0.15) is 5.56 Å². The van der Waals surface area contributed by atoms with Gasteiger partial charge in [-0.3, -0.25) is 0 Å². The van der Waals surface area contributed by atoms with Crippen LogP contribution in [0.3, 0.4) is 0 Å². The molecule has 17 heavy (non-hydrogen) atoms. The molecule has 0 unspecified atom stereocenters. The molecule has 88 valence electrons. The van der Waals surface area contributed by atoms with E-state index in [0.29, 0.717) is 27.6 Å². The fourth-order valence-corrected chi connectivity index (χ4v) is 1.92. The summed E-state index contributed by atoms with van der Waals surface area (Å²) in [5, 5.41) is 1.04. The molecule has 5 heteroatoms. The molecule has 0 bridgehead atoms. The van der Waals surface area contributed by atoms with Crippen molar-refractivity contribution in [2.45, 2.75) is 5.88 Å². The van der Waals surface area contributed by atoms with E-state index in [0.717, 1.165) is 5.56 Å². The summed E-state index contributed by atoms with van der Waals surface area (Å²) in [5.41, 5.74) is 0.933. The second kappa shape index (κ2) is 5.58. The molecular formula is C12H8Cl3NO. The third kappa shape index (κ3) is 3.50. The molecular weight excluding hydrogens is 280 g/mol. The average Bonchev–Trinajstić information content (AvgIpc) is 2.28. The first kappa shape index (κ1) is 12.5. The lowest BCUT2D eigenvalue weighted by molar-refractivity contribution is 0.463. The average molecular weight is 289 g/mol. The zero-order chi connectivity index (χ0) is 12.3. The van der Waals surface area contributed by atoms with Crippen molar-refractivity contribution < 1.29 is 4.74 Å². The largest absolute Gasteiger partial charge is 0.439 e. The predicted octanol–water partition coefficient (Wildman–Crippen LogP) is 4.92. The smallest absolute Gasteiger partial charge is 0.219 e. The first-order chi connectivity index (χ1) is 8.17. The van der Waals surface area contributed by atoms with Gasteiger partial charge in [0.2, 0.25) is 5.88 Å². The molecule has 0 fully saturated rings. The Hall–Kier alpha value is -0.960. The highest BCUT2D eigenvalue weighted by molar-refractivity contribution is 6.34. The summed E-state index contributed by atoms with van der Waals surface area (Å²) < 4.78 is 5.52. The van der Waals surface area contributed by atoms with E-state index in [9.17, 15) is 0 Å². The molecule has 2 aromatic rings. The maximum atomic E-state index is 5.86. The highest BCUT2D eigenvalue weighted by Gasteiger charge is 2.02. The van der Waals surface area contributed by atoms with Crippen LogP contribution < -0.4 is 4.74 Å². The van der Waals surface area contributed by atoms with Gasteiger partial charge in [0.25, 0.3) is 0 Å². The maximum Gasteiger partial charge on any atom is 0.219 e. The molecule has 1 aromatic heterocycles. The van der Waals surface area contributed by atoms with E-state index in [2.05, 4.69) is 4.98 Å². The summed E-state index contributed by atoms with van der Waals surface area (Å²) in [6, 6.07) is 8.57. The van der Waals surface area contributed by atoms with Crippen LogP contribution in [0.5, 0.6) is 11.6 Å². The summed E-state index contributed by atoms with van der Waals surface area (Å²) in [7, 11) is 0. The number of aromatic nitrogens is 1. The van der Waals surface area contributed by atoms with Crippen LogP contribution in [0.2, 0.25) is 10.0 Å². The summed E-state index contributed by atoms with van der Waals surface area (Å²) >= 11 is 17.4. The Labute approximate surface area is 114 Å². The second-order valence-electron chi connectivity index (χ2n) is 3.35. The van der Waals surface area contributed by atoms with Crippen molar-refractivity contribution in [3.05, 3.63) is 52.1 Å². The summed E-state index contributed by atoms with van der Waals surface area (Å²) in [4.78, 5) is 4.11. The maximum absolute atomic E-state index is 5.86. The molecule has 0 spiro atoms. The number of rotatable bonds is 3. The Morgan fingerprint density at radius 3 is 2.29 bits per heavy atom. The van der Waals surface area contributed by atoms with Crippen molar-refractivity contribution in [2.24, 2.45) is 0 Å².